The first-order valence-electron chi connectivity index (χ1n) is 8.62. The van der Waals surface area contributed by atoms with Gasteiger partial charge in [0.1, 0.15) is 11.4 Å². The van der Waals surface area contributed by atoms with E-state index in [0.29, 0.717) is 13.1 Å². The SMILES string of the molecule is CCC(NCCN(C(=O)OC(C)(C)C)C(C)C)c1cccc(F)c1. The molecule has 1 aromatic rings. The van der Waals surface area contributed by atoms with Crippen LogP contribution in [0.5, 0.6) is 0 Å². The number of benzene rings is 1. The van der Waals surface area contributed by atoms with Crippen molar-refractivity contribution in [3.8, 4) is 0 Å². The van der Waals surface area contributed by atoms with Gasteiger partial charge in [0.25, 0.3) is 0 Å². The Labute approximate surface area is 145 Å². The van der Waals surface area contributed by atoms with Crippen LogP contribution >= 0.6 is 0 Å². The number of hydrogen-bond donors (Lipinski definition) is 1. The van der Waals surface area contributed by atoms with Crippen molar-refractivity contribution >= 4 is 6.09 Å². The molecule has 5 heteroatoms. The van der Waals surface area contributed by atoms with Crippen molar-refractivity contribution < 1.29 is 13.9 Å². The predicted octanol–water partition coefficient (Wildman–Crippen LogP) is 4.51. The van der Waals surface area contributed by atoms with Crippen LogP contribution in [0.3, 0.4) is 0 Å². The average Bonchev–Trinajstić information content (AvgIpc) is 2.45. The van der Waals surface area contributed by atoms with Gasteiger partial charge in [0.05, 0.1) is 0 Å². The van der Waals surface area contributed by atoms with Gasteiger partial charge >= 0.3 is 6.09 Å². The molecule has 24 heavy (non-hydrogen) atoms. The van der Waals surface area contributed by atoms with E-state index in [9.17, 15) is 9.18 Å². The third kappa shape index (κ3) is 6.87. The number of halogens is 1. The molecule has 0 saturated carbocycles. The Balaban J connectivity index is 2.62. The fourth-order valence-corrected chi connectivity index (χ4v) is 2.46. The van der Waals surface area contributed by atoms with E-state index in [4.69, 9.17) is 4.74 Å². The molecular weight excluding hydrogens is 307 g/mol. The summed E-state index contributed by atoms with van der Waals surface area (Å²) in [6.07, 6.45) is 0.537. The lowest BCUT2D eigenvalue weighted by Gasteiger charge is -2.30. The summed E-state index contributed by atoms with van der Waals surface area (Å²) >= 11 is 0. The number of ether oxygens (including phenoxy) is 1. The fourth-order valence-electron chi connectivity index (χ4n) is 2.46. The highest BCUT2D eigenvalue weighted by atomic mass is 19.1. The van der Waals surface area contributed by atoms with Crippen molar-refractivity contribution in [3.63, 3.8) is 0 Å². The molecule has 1 amide bonds. The monoisotopic (exact) mass is 338 g/mol. The number of nitrogens with one attached hydrogen (secondary N) is 1. The van der Waals surface area contributed by atoms with Crippen molar-refractivity contribution in [2.45, 2.75) is 65.6 Å². The lowest BCUT2D eigenvalue weighted by atomic mass is 10.0. The number of amides is 1. The van der Waals surface area contributed by atoms with E-state index in [1.807, 2.05) is 40.7 Å². The standard InChI is InChI=1S/C19H31FN2O2/c1-7-17(15-9-8-10-16(20)13-15)21-11-12-22(14(2)3)18(23)24-19(4,5)6/h8-10,13-14,17,21H,7,11-12H2,1-6H3. The summed E-state index contributed by atoms with van der Waals surface area (Å²) in [7, 11) is 0. The average molecular weight is 338 g/mol. The van der Waals surface area contributed by atoms with Crippen LogP contribution in [0, 0.1) is 5.82 Å². The zero-order valence-corrected chi connectivity index (χ0v) is 15.7. The third-order valence-electron chi connectivity index (χ3n) is 3.65. The molecule has 0 aliphatic carbocycles. The van der Waals surface area contributed by atoms with Gasteiger partial charge in [-0.2, -0.15) is 0 Å². The lowest BCUT2D eigenvalue weighted by Crippen LogP contribution is -2.44. The summed E-state index contributed by atoms with van der Waals surface area (Å²) in [4.78, 5) is 14.0. The minimum atomic E-state index is -0.509. The zero-order chi connectivity index (χ0) is 18.3. The van der Waals surface area contributed by atoms with Crippen LogP contribution < -0.4 is 5.32 Å². The molecule has 0 spiro atoms. The first-order valence-corrected chi connectivity index (χ1v) is 8.62. The normalized spacial score (nSPS) is 13.0. The highest BCUT2D eigenvalue weighted by Crippen LogP contribution is 2.17. The van der Waals surface area contributed by atoms with E-state index in [-0.39, 0.29) is 24.0 Å². The molecule has 1 atom stereocenters. The van der Waals surface area contributed by atoms with Crippen molar-refractivity contribution in [1.29, 1.82) is 0 Å². The molecular formula is C19H31FN2O2. The molecule has 1 rings (SSSR count). The second-order valence-corrected chi connectivity index (χ2v) is 7.24. The molecule has 0 heterocycles. The maximum absolute atomic E-state index is 13.4. The molecule has 0 fully saturated rings. The highest BCUT2D eigenvalue weighted by Gasteiger charge is 2.24. The van der Waals surface area contributed by atoms with E-state index in [1.54, 1.807) is 17.0 Å². The summed E-state index contributed by atoms with van der Waals surface area (Å²) < 4.78 is 18.8. The smallest absolute Gasteiger partial charge is 0.410 e. The minimum Gasteiger partial charge on any atom is -0.444 e. The van der Waals surface area contributed by atoms with Gasteiger partial charge in [-0.1, -0.05) is 19.1 Å². The Bertz CT molecular complexity index is 526. The largest absolute Gasteiger partial charge is 0.444 e. The second-order valence-electron chi connectivity index (χ2n) is 7.24. The van der Waals surface area contributed by atoms with Gasteiger partial charge in [-0.3, -0.25) is 0 Å². The van der Waals surface area contributed by atoms with E-state index in [0.717, 1.165) is 12.0 Å². The maximum atomic E-state index is 13.4. The van der Waals surface area contributed by atoms with Crippen molar-refractivity contribution in [2.24, 2.45) is 0 Å². The van der Waals surface area contributed by atoms with Crippen molar-refractivity contribution in [3.05, 3.63) is 35.6 Å². The Hall–Kier alpha value is -1.62. The number of nitrogens with zero attached hydrogens (tertiary/aromatic N) is 1. The van der Waals surface area contributed by atoms with Gasteiger partial charge in [-0.05, 0) is 58.7 Å². The molecule has 0 saturated heterocycles. The summed E-state index contributed by atoms with van der Waals surface area (Å²) in [5.41, 5.74) is 0.413. The van der Waals surface area contributed by atoms with Crippen LogP contribution in [0.2, 0.25) is 0 Å². The number of rotatable bonds is 7. The van der Waals surface area contributed by atoms with Gasteiger partial charge in [-0.15, -0.1) is 0 Å². The first-order chi connectivity index (χ1) is 11.1. The van der Waals surface area contributed by atoms with E-state index < -0.39 is 5.60 Å². The van der Waals surface area contributed by atoms with Gasteiger partial charge < -0.3 is 15.0 Å². The maximum Gasteiger partial charge on any atom is 0.410 e. The van der Waals surface area contributed by atoms with Crippen LogP contribution in [0.15, 0.2) is 24.3 Å². The number of hydrogen-bond acceptors (Lipinski definition) is 3. The van der Waals surface area contributed by atoms with Crippen LogP contribution in [0.25, 0.3) is 0 Å². The topological polar surface area (TPSA) is 41.6 Å². The van der Waals surface area contributed by atoms with Gasteiger partial charge in [0.15, 0.2) is 0 Å². The van der Waals surface area contributed by atoms with Crippen LogP contribution in [-0.2, 0) is 4.74 Å². The third-order valence-corrected chi connectivity index (χ3v) is 3.65. The molecule has 136 valence electrons. The Morgan fingerprint density at radius 1 is 1.33 bits per heavy atom. The molecule has 0 bridgehead atoms. The highest BCUT2D eigenvalue weighted by molar-refractivity contribution is 5.68. The van der Waals surface area contributed by atoms with Crippen molar-refractivity contribution in [2.75, 3.05) is 13.1 Å². The van der Waals surface area contributed by atoms with Gasteiger partial charge in [0, 0.05) is 25.2 Å². The molecule has 1 N–H and O–H groups in total. The molecule has 4 nitrogen and oxygen atoms in total. The van der Waals surface area contributed by atoms with Crippen molar-refractivity contribution in [1.82, 2.24) is 10.2 Å². The summed E-state index contributed by atoms with van der Waals surface area (Å²) in [6.45, 7) is 12.7. The van der Waals surface area contributed by atoms with E-state index in [1.165, 1.54) is 6.07 Å². The molecule has 0 radical (unpaired) electrons. The number of carbonyl (C=O) groups excluding carboxylic acids is 1. The molecule has 0 aliphatic heterocycles. The summed E-state index contributed by atoms with van der Waals surface area (Å²) in [6, 6.07) is 6.74. The van der Waals surface area contributed by atoms with Crippen LogP contribution in [-0.4, -0.2) is 35.7 Å². The van der Waals surface area contributed by atoms with Crippen LogP contribution in [0.4, 0.5) is 9.18 Å². The molecule has 0 aromatic heterocycles. The lowest BCUT2D eigenvalue weighted by molar-refractivity contribution is 0.0192. The van der Waals surface area contributed by atoms with Gasteiger partial charge in [-0.25, -0.2) is 9.18 Å². The number of carbonyl (C=O) groups is 1. The quantitative estimate of drug-likeness (QED) is 0.795. The minimum absolute atomic E-state index is 0.0518. The molecule has 1 aromatic carbocycles. The predicted molar refractivity (Wildman–Crippen MR) is 95.5 cm³/mol. The zero-order valence-electron chi connectivity index (χ0n) is 15.7. The molecule has 0 aliphatic rings. The Kier molecular flexibility index (Phi) is 7.67. The first kappa shape index (κ1) is 20.4. The van der Waals surface area contributed by atoms with Crippen LogP contribution in [0.1, 0.15) is 59.6 Å². The van der Waals surface area contributed by atoms with E-state index in [2.05, 4.69) is 12.2 Å². The summed E-state index contributed by atoms with van der Waals surface area (Å²) in [5, 5.41) is 3.40. The second kappa shape index (κ2) is 9.02. The van der Waals surface area contributed by atoms with Gasteiger partial charge in [0.2, 0.25) is 0 Å². The Morgan fingerprint density at radius 2 is 2.00 bits per heavy atom. The Morgan fingerprint density at radius 3 is 2.50 bits per heavy atom. The van der Waals surface area contributed by atoms with E-state index >= 15 is 0 Å². The summed E-state index contributed by atoms with van der Waals surface area (Å²) in [5.74, 6) is -0.231. The molecule has 1 unspecified atom stereocenters. The fraction of sp³-hybridized carbons (Fsp3) is 0.632.